The van der Waals surface area contributed by atoms with Crippen molar-refractivity contribution in [3.63, 3.8) is 0 Å². The Morgan fingerprint density at radius 2 is 2.04 bits per heavy atom. The minimum atomic E-state index is -0.698. The van der Waals surface area contributed by atoms with Gasteiger partial charge in [-0.3, -0.25) is 9.59 Å². The molecule has 3 amide bonds. The Balaban J connectivity index is 1.85. The highest BCUT2D eigenvalue weighted by Gasteiger charge is 2.34. The Morgan fingerprint density at radius 3 is 2.69 bits per heavy atom. The molecule has 134 valence electrons. The smallest absolute Gasteiger partial charge is 0.417 e. The molecule has 1 aliphatic rings. The summed E-state index contributed by atoms with van der Waals surface area (Å²) in [5.41, 5.74) is 1.22. The molecule has 0 radical (unpaired) electrons. The van der Waals surface area contributed by atoms with Crippen LogP contribution in [0.2, 0.25) is 0 Å². The lowest BCUT2D eigenvalue weighted by atomic mass is 10.1. The molecule has 8 heteroatoms. The van der Waals surface area contributed by atoms with Gasteiger partial charge in [0.1, 0.15) is 5.03 Å². The van der Waals surface area contributed by atoms with Gasteiger partial charge in [0.15, 0.2) is 6.61 Å². The molecule has 1 atom stereocenters. The Bertz CT molecular complexity index is 812. The molecule has 0 aliphatic carbocycles. The molecule has 0 bridgehead atoms. The second-order valence-electron chi connectivity index (χ2n) is 5.56. The van der Waals surface area contributed by atoms with Gasteiger partial charge in [-0.25, -0.2) is 14.7 Å². The van der Waals surface area contributed by atoms with Crippen molar-refractivity contribution in [2.24, 2.45) is 0 Å². The van der Waals surface area contributed by atoms with Crippen LogP contribution in [0.1, 0.15) is 22.0 Å². The maximum Gasteiger partial charge on any atom is 0.417 e. The van der Waals surface area contributed by atoms with Crippen LogP contribution in [0.25, 0.3) is 0 Å². The van der Waals surface area contributed by atoms with Gasteiger partial charge >= 0.3 is 6.09 Å². The van der Waals surface area contributed by atoms with E-state index in [1.807, 2.05) is 36.6 Å². The summed E-state index contributed by atoms with van der Waals surface area (Å²) < 4.78 is 4.75. The zero-order valence-electron chi connectivity index (χ0n) is 14.0. The van der Waals surface area contributed by atoms with Crippen LogP contribution < -0.4 is 5.32 Å². The van der Waals surface area contributed by atoms with Crippen molar-refractivity contribution in [2.75, 3.05) is 19.4 Å². The molecule has 0 saturated carbocycles. The summed E-state index contributed by atoms with van der Waals surface area (Å²) in [5, 5.41) is 3.50. The number of nitrogens with one attached hydrogen (secondary N) is 1. The van der Waals surface area contributed by atoms with Gasteiger partial charge in [0.2, 0.25) is 0 Å². The number of carbonyl (C=O) groups is 3. The van der Waals surface area contributed by atoms with Crippen molar-refractivity contribution in [2.45, 2.75) is 11.1 Å². The standard InChI is InChI=1S/C18H17N3O4S/c1-26-17-13(8-5-9-19-17)16(23)20-14(12-6-3-2-4-7-12)10-21-15(22)11-25-18(21)24/h2-9,14H,10-11H2,1H3,(H,20,23). The lowest BCUT2D eigenvalue weighted by Gasteiger charge is -2.23. The summed E-state index contributed by atoms with van der Waals surface area (Å²) in [6.45, 7) is -0.268. The van der Waals surface area contributed by atoms with E-state index in [1.165, 1.54) is 11.8 Å². The van der Waals surface area contributed by atoms with Crippen molar-refractivity contribution in [3.05, 3.63) is 59.8 Å². The third kappa shape index (κ3) is 3.85. The average molecular weight is 371 g/mol. The molecule has 1 unspecified atom stereocenters. The molecular weight excluding hydrogens is 354 g/mol. The zero-order chi connectivity index (χ0) is 18.5. The van der Waals surface area contributed by atoms with Crippen molar-refractivity contribution in [1.29, 1.82) is 0 Å². The Kier molecular flexibility index (Phi) is 5.52. The predicted octanol–water partition coefficient (Wildman–Crippen LogP) is 2.25. The lowest BCUT2D eigenvalue weighted by molar-refractivity contribution is -0.126. The normalized spacial score (nSPS) is 14.9. The molecule has 2 aromatic rings. The van der Waals surface area contributed by atoms with Gasteiger partial charge in [-0.2, -0.15) is 0 Å². The number of hydrogen-bond donors (Lipinski definition) is 1. The summed E-state index contributed by atoms with van der Waals surface area (Å²) in [4.78, 5) is 41.6. The first-order valence-corrected chi connectivity index (χ1v) is 9.14. The van der Waals surface area contributed by atoms with E-state index in [-0.39, 0.29) is 19.1 Å². The number of pyridine rings is 1. The summed E-state index contributed by atoms with van der Waals surface area (Å²) in [6.07, 6.45) is 2.76. The van der Waals surface area contributed by atoms with Gasteiger partial charge in [0.25, 0.3) is 11.8 Å². The zero-order valence-corrected chi connectivity index (χ0v) is 14.9. The Hall–Kier alpha value is -2.87. The molecule has 1 N–H and O–H groups in total. The van der Waals surface area contributed by atoms with Crippen LogP contribution in [-0.2, 0) is 9.53 Å². The topological polar surface area (TPSA) is 88.6 Å². The van der Waals surface area contributed by atoms with E-state index >= 15 is 0 Å². The first-order valence-electron chi connectivity index (χ1n) is 7.92. The van der Waals surface area contributed by atoms with Gasteiger partial charge in [-0.05, 0) is 24.0 Å². The second kappa shape index (κ2) is 8.01. The third-order valence-electron chi connectivity index (χ3n) is 3.92. The van der Waals surface area contributed by atoms with Crippen LogP contribution in [0.3, 0.4) is 0 Å². The van der Waals surface area contributed by atoms with Gasteiger partial charge in [-0.15, -0.1) is 11.8 Å². The highest BCUT2D eigenvalue weighted by molar-refractivity contribution is 7.98. The molecule has 1 fully saturated rings. The van der Waals surface area contributed by atoms with Gasteiger partial charge in [-0.1, -0.05) is 30.3 Å². The summed E-state index contributed by atoms with van der Waals surface area (Å²) in [7, 11) is 0. The number of amides is 3. The van der Waals surface area contributed by atoms with Gasteiger partial charge in [0, 0.05) is 6.20 Å². The van der Waals surface area contributed by atoms with Crippen LogP contribution in [0, 0.1) is 0 Å². The minimum Gasteiger partial charge on any atom is -0.439 e. The molecule has 1 saturated heterocycles. The highest BCUT2D eigenvalue weighted by Crippen LogP contribution is 2.21. The minimum absolute atomic E-state index is 0.00227. The number of benzene rings is 1. The maximum atomic E-state index is 12.8. The molecule has 1 aromatic carbocycles. The van der Waals surface area contributed by atoms with E-state index in [0.717, 1.165) is 10.5 Å². The molecule has 3 rings (SSSR count). The highest BCUT2D eigenvalue weighted by atomic mass is 32.2. The SMILES string of the molecule is CSc1ncccc1C(=O)NC(CN1C(=O)COC1=O)c1ccccc1. The third-order valence-corrected chi connectivity index (χ3v) is 4.63. The van der Waals surface area contributed by atoms with Crippen molar-refractivity contribution in [1.82, 2.24) is 15.2 Å². The number of thioether (sulfide) groups is 1. The number of carbonyl (C=O) groups excluding carboxylic acids is 3. The number of rotatable bonds is 6. The van der Waals surface area contributed by atoms with E-state index in [4.69, 9.17) is 4.74 Å². The maximum absolute atomic E-state index is 12.8. The number of cyclic esters (lactones) is 1. The molecule has 1 aliphatic heterocycles. The van der Waals surface area contributed by atoms with Crippen LogP contribution in [0.5, 0.6) is 0 Å². The fourth-order valence-electron chi connectivity index (χ4n) is 2.62. The quantitative estimate of drug-likeness (QED) is 0.784. The van der Waals surface area contributed by atoms with E-state index in [9.17, 15) is 14.4 Å². The first-order chi connectivity index (χ1) is 12.6. The number of ether oxygens (including phenoxy) is 1. The summed E-state index contributed by atoms with van der Waals surface area (Å²) in [5.74, 6) is -0.743. The second-order valence-corrected chi connectivity index (χ2v) is 6.35. The molecule has 0 spiro atoms. The molecular formula is C18H17N3O4S. The number of imide groups is 1. The number of nitrogens with zero attached hydrogens (tertiary/aromatic N) is 2. The van der Waals surface area contributed by atoms with Crippen LogP contribution >= 0.6 is 11.8 Å². The Labute approximate surface area is 154 Å². The Morgan fingerprint density at radius 1 is 1.27 bits per heavy atom. The largest absolute Gasteiger partial charge is 0.439 e. The van der Waals surface area contributed by atoms with E-state index < -0.39 is 18.0 Å². The molecule has 1 aromatic heterocycles. The fraction of sp³-hybridized carbons (Fsp3) is 0.222. The molecule has 26 heavy (non-hydrogen) atoms. The van der Waals surface area contributed by atoms with Gasteiger partial charge in [0.05, 0.1) is 18.2 Å². The van der Waals surface area contributed by atoms with Crippen LogP contribution in [-0.4, -0.2) is 47.2 Å². The van der Waals surface area contributed by atoms with Crippen molar-refractivity contribution >= 4 is 29.7 Å². The van der Waals surface area contributed by atoms with Crippen LogP contribution in [0.4, 0.5) is 4.79 Å². The summed E-state index contributed by atoms with van der Waals surface area (Å²) >= 11 is 1.37. The van der Waals surface area contributed by atoms with Gasteiger partial charge < -0.3 is 10.1 Å². The van der Waals surface area contributed by atoms with Crippen molar-refractivity contribution < 1.29 is 19.1 Å². The van der Waals surface area contributed by atoms with Crippen molar-refractivity contribution in [3.8, 4) is 0 Å². The van der Waals surface area contributed by atoms with E-state index in [2.05, 4.69) is 10.3 Å². The monoisotopic (exact) mass is 371 g/mol. The molecule has 7 nitrogen and oxygen atoms in total. The number of hydrogen-bond acceptors (Lipinski definition) is 6. The average Bonchev–Trinajstić information content (AvgIpc) is 3.00. The lowest BCUT2D eigenvalue weighted by Crippen LogP contribution is -2.40. The summed E-state index contributed by atoms with van der Waals surface area (Å²) in [6, 6.07) is 12.0. The predicted molar refractivity (Wildman–Crippen MR) is 95.7 cm³/mol. The van der Waals surface area contributed by atoms with Crippen LogP contribution in [0.15, 0.2) is 53.7 Å². The molecule has 2 heterocycles. The fourth-order valence-corrected chi connectivity index (χ4v) is 3.17. The first kappa shape index (κ1) is 17.9. The van der Waals surface area contributed by atoms with E-state index in [1.54, 1.807) is 18.3 Å². The number of aromatic nitrogens is 1. The van der Waals surface area contributed by atoms with E-state index in [0.29, 0.717) is 10.6 Å².